The molecule has 13 heavy (non-hydrogen) atoms. The maximum atomic E-state index is 11.9. The van der Waals surface area contributed by atoms with Crippen LogP contribution in [-0.4, -0.2) is 5.51 Å². The van der Waals surface area contributed by atoms with Crippen molar-refractivity contribution in [2.24, 2.45) is 0 Å². The van der Waals surface area contributed by atoms with E-state index >= 15 is 0 Å². The third kappa shape index (κ3) is 3.28. The summed E-state index contributed by atoms with van der Waals surface area (Å²) in [5, 5.41) is 10.5. The third-order valence-corrected chi connectivity index (χ3v) is 2.20. The molecule has 1 radical (unpaired) electrons. The molecule has 1 aromatic rings. The molecule has 1 aromatic carbocycles. The molecule has 0 unspecified atom stereocenters. The first-order valence-corrected chi connectivity index (χ1v) is 4.26. The molecule has 1 rings (SSSR count). The number of hydrogen-bond donors (Lipinski definition) is 0. The Morgan fingerprint density at radius 1 is 1.23 bits per heavy atom. The van der Waals surface area contributed by atoms with E-state index in [0.29, 0.717) is 0 Å². The van der Waals surface area contributed by atoms with Gasteiger partial charge >= 0.3 is 5.51 Å². The summed E-state index contributed by atoms with van der Waals surface area (Å²) in [5.74, 6) is 0. The van der Waals surface area contributed by atoms with E-state index in [-0.39, 0.29) is 22.2 Å². The quantitative estimate of drug-likeness (QED) is 0.681. The van der Waals surface area contributed by atoms with Crippen LogP contribution in [0.4, 0.5) is 13.2 Å². The second-order valence-corrected chi connectivity index (χ2v) is 3.41. The van der Waals surface area contributed by atoms with Gasteiger partial charge in [0.05, 0.1) is 0 Å². The van der Waals surface area contributed by atoms with E-state index in [1.54, 1.807) is 6.07 Å². The minimum absolute atomic E-state index is 0.00926. The lowest BCUT2D eigenvalue weighted by atomic mass is 10.2. The highest BCUT2D eigenvalue weighted by Crippen LogP contribution is 2.38. The average Bonchev–Trinajstić information content (AvgIpc) is 2.02. The molecule has 0 aliphatic rings. The van der Waals surface area contributed by atoms with Crippen molar-refractivity contribution in [2.45, 2.75) is 17.0 Å². The molecule has 0 saturated heterocycles. The first-order chi connectivity index (χ1) is 6.03. The molecule has 0 spiro atoms. The van der Waals surface area contributed by atoms with E-state index in [4.69, 9.17) is 0 Å². The molecule has 0 saturated carbocycles. The number of halogens is 3. The molecule has 0 fully saturated rings. The number of alkyl halides is 3. The van der Waals surface area contributed by atoms with E-state index in [2.05, 4.69) is 0 Å². The normalized spacial score (nSPS) is 11.7. The monoisotopic (exact) mass is 207 g/mol. The minimum Gasteiger partial charge on any atom is -0.232 e. The van der Waals surface area contributed by atoms with E-state index in [9.17, 15) is 18.3 Å². The summed E-state index contributed by atoms with van der Waals surface area (Å²) in [7, 11) is 0. The van der Waals surface area contributed by atoms with Crippen molar-refractivity contribution in [3.8, 4) is 0 Å². The van der Waals surface area contributed by atoms with Crippen LogP contribution in [0.5, 0.6) is 0 Å². The van der Waals surface area contributed by atoms with Crippen LogP contribution in [-0.2, 0) is 11.7 Å². The van der Waals surface area contributed by atoms with E-state index in [0.717, 1.165) is 0 Å². The van der Waals surface area contributed by atoms with Crippen LogP contribution in [0.15, 0.2) is 29.2 Å². The van der Waals surface area contributed by atoms with Gasteiger partial charge < -0.3 is 0 Å². The second-order valence-electron chi connectivity index (χ2n) is 2.30. The van der Waals surface area contributed by atoms with Crippen LogP contribution in [0.2, 0.25) is 0 Å². The standard InChI is InChI=1S/C8H6F3OS/c9-8(10,11)13-7-4-2-1-3-6(7)5-12/h1-4H,5H2. The lowest BCUT2D eigenvalue weighted by Gasteiger charge is -2.07. The van der Waals surface area contributed by atoms with Gasteiger partial charge in [0.1, 0.15) is 6.61 Å². The van der Waals surface area contributed by atoms with Gasteiger partial charge in [-0.1, -0.05) is 18.2 Å². The summed E-state index contributed by atoms with van der Waals surface area (Å²) < 4.78 is 35.8. The van der Waals surface area contributed by atoms with Gasteiger partial charge in [-0.05, 0) is 23.4 Å². The largest absolute Gasteiger partial charge is 0.446 e. The molecule has 5 heteroatoms. The fourth-order valence-electron chi connectivity index (χ4n) is 0.847. The van der Waals surface area contributed by atoms with E-state index in [1.165, 1.54) is 18.2 Å². The molecule has 0 amide bonds. The van der Waals surface area contributed by atoms with Crippen molar-refractivity contribution >= 4 is 11.8 Å². The molecular weight excluding hydrogens is 201 g/mol. The van der Waals surface area contributed by atoms with Crippen molar-refractivity contribution in [1.82, 2.24) is 0 Å². The molecule has 0 aliphatic carbocycles. The zero-order chi connectivity index (χ0) is 9.90. The molecule has 0 bridgehead atoms. The predicted molar refractivity (Wildman–Crippen MR) is 42.7 cm³/mol. The van der Waals surface area contributed by atoms with Crippen molar-refractivity contribution in [1.29, 1.82) is 0 Å². The van der Waals surface area contributed by atoms with Crippen LogP contribution in [0.25, 0.3) is 0 Å². The number of rotatable bonds is 2. The highest BCUT2D eigenvalue weighted by Gasteiger charge is 2.30. The van der Waals surface area contributed by atoms with Gasteiger partial charge in [0.25, 0.3) is 0 Å². The fraction of sp³-hybridized carbons (Fsp3) is 0.250. The maximum Gasteiger partial charge on any atom is 0.446 e. The third-order valence-electron chi connectivity index (χ3n) is 1.35. The Kier molecular flexibility index (Phi) is 3.22. The SMILES string of the molecule is [O]Cc1ccccc1SC(F)(F)F. The van der Waals surface area contributed by atoms with Crippen LogP contribution in [0.1, 0.15) is 5.56 Å². The molecule has 0 N–H and O–H groups in total. The molecule has 0 atom stereocenters. The molecular formula is C8H6F3OS. The van der Waals surface area contributed by atoms with Gasteiger partial charge in [-0.15, -0.1) is 0 Å². The van der Waals surface area contributed by atoms with Crippen LogP contribution in [0, 0.1) is 0 Å². The Balaban J connectivity index is 2.87. The first-order valence-electron chi connectivity index (χ1n) is 3.44. The summed E-state index contributed by atoms with van der Waals surface area (Å²) in [4.78, 5) is -0.00926. The molecule has 1 nitrogen and oxygen atoms in total. The smallest absolute Gasteiger partial charge is 0.232 e. The second kappa shape index (κ2) is 4.02. The predicted octanol–water partition coefficient (Wildman–Crippen LogP) is 3.23. The highest BCUT2D eigenvalue weighted by atomic mass is 32.2. The van der Waals surface area contributed by atoms with Gasteiger partial charge in [0.2, 0.25) is 0 Å². The van der Waals surface area contributed by atoms with Crippen LogP contribution in [0.3, 0.4) is 0 Å². The molecule has 71 valence electrons. The van der Waals surface area contributed by atoms with Gasteiger partial charge in [0.15, 0.2) is 0 Å². The van der Waals surface area contributed by atoms with Crippen molar-refractivity contribution in [2.75, 3.05) is 0 Å². The van der Waals surface area contributed by atoms with Crippen LogP contribution < -0.4 is 0 Å². The molecule has 0 aromatic heterocycles. The Bertz CT molecular complexity index is 285. The lowest BCUT2D eigenvalue weighted by Crippen LogP contribution is -2.00. The summed E-state index contributed by atoms with van der Waals surface area (Å²) in [6.45, 7) is -0.626. The fourth-order valence-corrected chi connectivity index (χ4v) is 1.50. The summed E-state index contributed by atoms with van der Waals surface area (Å²) >= 11 is -0.248. The molecule has 0 aliphatic heterocycles. The van der Waals surface area contributed by atoms with Crippen LogP contribution >= 0.6 is 11.8 Å². The van der Waals surface area contributed by atoms with Gasteiger partial charge in [0, 0.05) is 4.90 Å². The Morgan fingerprint density at radius 3 is 2.38 bits per heavy atom. The summed E-state index contributed by atoms with van der Waals surface area (Å²) in [6, 6.07) is 5.73. The first kappa shape index (κ1) is 10.4. The van der Waals surface area contributed by atoms with E-state index < -0.39 is 12.1 Å². The Hall–Kier alpha value is -0.680. The summed E-state index contributed by atoms with van der Waals surface area (Å²) in [5.41, 5.74) is -4.14. The van der Waals surface area contributed by atoms with Gasteiger partial charge in [-0.2, -0.15) is 13.2 Å². The van der Waals surface area contributed by atoms with Gasteiger partial charge in [-0.25, -0.2) is 5.11 Å². The van der Waals surface area contributed by atoms with Crippen molar-refractivity contribution in [3.05, 3.63) is 29.8 Å². The Morgan fingerprint density at radius 2 is 1.85 bits per heavy atom. The highest BCUT2D eigenvalue weighted by molar-refractivity contribution is 8.00. The van der Waals surface area contributed by atoms with Gasteiger partial charge in [-0.3, -0.25) is 0 Å². The number of hydrogen-bond acceptors (Lipinski definition) is 1. The number of benzene rings is 1. The molecule has 0 heterocycles. The van der Waals surface area contributed by atoms with Crippen molar-refractivity contribution < 1.29 is 18.3 Å². The van der Waals surface area contributed by atoms with Crippen molar-refractivity contribution in [3.63, 3.8) is 0 Å². The van der Waals surface area contributed by atoms with E-state index in [1.807, 2.05) is 0 Å². The summed E-state index contributed by atoms with van der Waals surface area (Å²) in [6.07, 6.45) is 0. The maximum absolute atomic E-state index is 11.9. The average molecular weight is 207 g/mol. The Labute approximate surface area is 77.6 Å². The lowest BCUT2D eigenvalue weighted by molar-refractivity contribution is -0.0328. The zero-order valence-corrected chi connectivity index (χ0v) is 7.28. The number of thioether (sulfide) groups is 1. The topological polar surface area (TPSA) is 19.9 Å². The minimum atomic E-state index is -4.33. The zero-order valence-electron chi connectivity index (χ0n) is 6.47.